The summed E-state index contributed by atoms with van der Waals surface area (Å²) >= 11 is 0. The van der Waals surface area contributed by atoms with E-state index in [9.17, 15) is 10.1 Å². The van der Waals surface area contributed by atoms with Crippen LogP contribution in [0.4, 0.5) is 5.69 Å². The second kappa shape index (κ2) is 7.57. The monoisotopic (exact) mass is 409 g/mol. The Kier molecular flexibility index (Phi) is 4.59. The zero-order chi connectivity index (χ0) is 21.4. The van der Waals surface area contributed by atoms with Crippen molar-refractivity contribution in [2.75, 3.05) is 0 Å². The number of nitro groups is 1. The van der Waals surface area contributed by atoms with Crippen LogP contribution < -0.4 is 0 Å². The van der Waals surface area contributed by atoms with E-state index < -0.39 is 4.92 Å². The van der Waals surface area contributed by atoms with Gasteiger partial charge in [-0.15, -0.1) is 0 Å². The van der Waals surface area contributed by atoms with Crippen LogP contribution in [-0.2, 0) is 6.54 Å². The van der Waals surface area contributed by atoms with Gasteiger partial charge in [0.1, 0.15) is 0 Å². The van der Waals surface area contributed by atoms with Crippen LogP contribution in [-0.4, -0.2) is 14.6 Å². The van der Waals surface area contributed by atoms with Crippen molar-refractivity contribution in [3.63, 3.8) is 0 Å². The molecule has 0 aliphatic carbocycles. The molecule has 0 saturated carbocycles. The summed E-state index contributed by atoms with van der Waals surface area (Å²) in [6.45, 7) is 2.29. The topological polar surface area (TPSA) is 74.1 Å². The summed E-state index contributed by atoms with van der Waals surface area (Å²) in [5, 5.41) is 18.5. The van der Waals surface area contributed by atoms with E-state index in [-0.39, 0.29) is 17.1 Å². The van der Waals surface area contributed by atoms with Crippen molar-refractivity contribution >= 4 is 39.5 Å². The number of aromatic nitrogens is 2. The molecule has 5 rings (SSSR count). The van der Waals surface area contributed by atoms with E-state index in [0.29, 0.717) is 0 Å². The second-order valence-electron chi connectivity index (χ2n) is 7.48. The highest BCUT2D eigenvalue weighted by Crippen LogP contribution is 2.28. The quantitative estimate of drug-likeness (QED) is 0.255. The number of nitrogens with zero attached hydrogens (tertiary/aromatic N) is 3. The number of para-hydroxylation sites is 1. The van der Waals surface area contributed by atoms with Gasteiger partial charge in [-0.25, -0.2) is 0 Å². The third-order valence-electron chi connectivity index (χ3n) is 5.44. The van der Waals surface area contributed by atoms with Crippen molar-refractivity contribution in [3.05, 3.63) is 106 Å². The molecule has 6 nitrogen and oxygen atoms in total. The largest absolute Gasteiger partial charge is 0.349 e. The Hall–Kier alpha value is -4.19. The van der Waals surface area contributed by atoms with Gasteiger partial charge in [0.2, 0.25) is 5.76 Å². The molecule has 5 aromatic rings. The molecule has 0 saturated heterocycles. The summed E-state index contributed by atoms with van der Waals surface area (Å²) in [7, 11) is 0. The van der Waals surface area contributed by atoms with Crippen LogP contribution in [0.2, 0.25) is 0 Å². The number of rotatable bonds is 5. The summed E-state index contributed by atoms with van der Waals surface area (Å²) < 4.78 is 7.34. The zero-order valence-corrected chi connectivity index (χ0v) is 16.9. The van der Waals surface area contributed by atoms with Crippen LogP contribution in [0.3, 0.4) is 0 Å². The molecule has 31 heavy (non-hydrogen) atoms. The standard InChI is InChI=1S/C25H19N3O3/c1-17-25(28(29)30)24(31-26-17)13-12-21-16-27(23-9-5-4-8-22(21)23)15-18-10-11-19-6-2-3-7-20(19)14-18/h2-14,16H,15H2,1H3/b13-12+. The molecule has 2 heterocycles. The van der Waals surface area contributed by atoms with Gasteiger partial charge < -0.3 is 9.09 Å². The fraction of sp³-hybridized carbons (Fsp3) is 0.0800. The average Bonchev–Trinajstić information content (AvgIpc) is 3.32. The highest BCUT2D eigenvalue weighted by Gasteiger charge is 2.22. The van der Waals surface area contributed by atoms with Crippen LogP contribution in [0.5, 0.6) is 0 Å². The van der Waals surface area contributed by atoms with Gasteiger partial charge in [-0.1, -0.05) is 59.8 Å². The summed E-state index contributed by atoms with van der Waals surface area (Å²) in [5.41, 5.74) is 3.43. The Morgan fingerprint density at radius 3 is 2.65 bits per heavy atom. The number of fused-ring (bicyclic) bond motifs is 2. The van der Waals surface area contributed by atoms with Crippen LogP contribution >= 0.6 is 0 Å². The van der Waals surface area contributed by atoms with Crippen LogP contribution in [0.15, 0.2) is 77.4 Å². The predicted molar refractivity (Wildman–Crippen MR) is 122 cm³/mol. The zero-order valence-electron chi connectivity index (χ0n) is 16.9. The minimum absolute atomic E-state index is 0.101. The van der Waals surface area contributed by atoms with Crippen molar-refractivity contribution < 1.29 is 9.45 Å². The molecule has 2 aromatic heterocycles. The lowest BCUT2D eigenvalue weighted by Gasteiger charge is -2.07. The van der Waals surface area contributed by atoms with Crippen molar-refractivity contribution in [1.29, 1.82) is 0 Å². The Balaban J connectivity index is 1.53. The summed E-state index contributed by atoms with van der Waals surface area (Å²) in [6.07, 6.45) is 5.51. The van der Waals surface area contributed by atoms with Gasteiger partial charge in [-0.3, -0.25) is 10.1 Å². The summed E-state index contributed by atoms with van der Waals surface area (Å²) in [6, 6.07) is 22.9. The Morgan fingerprint density at radius 1 is 1.03 bits per heavy atom. The first-order chi connectivity index (χ1) is 15.1. The fourth-order valence-electron chi connectivity index (χ4n) is 3.95. The van der Waals surface area contributed by atoms with Crippen molar-refractivity contribution in [2.24, 2.45) is 0 Å². The lowest BCUT2D eigenvalue weighted by Crippen LogP contribution is -1.97. The van der Waals surface area contributed by atoms with E-state index in [4.69, 9.17) is 4.52 Å². The van der Waals surface area contributed by atoms with E-state index in [0.717, 1.165) is 23.0 Å². The molecule has 3 aromatic carbocycles. The van der Waals surface area contributed by atoms with Crippen molar-refractivity contribution in [3.8, 4) is 0 Å². The van der Waals surface area contributed by atoms with Gasteiger partial charge in [0.15, 0.2) is 5.69 Å². The Morgan fingerprint density at radius 2 is 1.81 bits per heavy atom. The molecule has 152 valence electrons. The molecule has 0 fully saturated rings. The lowest BCUT2D eigenvalue weighted by atomic mass is 10.1. The molecule has 0 N–H and O–H groups in total. The van der Waals surface area contributed by atoms with E-state index >= 15 is 0 Å². The van der Waals surface area contributed by atoms with Crippen LogP contribution in [0.25, 0.3) is 33.8 Å². The maximum Gasteiger partial charge on any atom is 0.338 e. The molecule has 6 heteroatoms. The molecule has 0 aliphatic rings. The van der Waals surface area contributed by atoms with Gasteiger partial charge in [0, 0.05) is 29.2 Å². The summed E-state index contributed by atoms with van der Waals surface area (Å²) in [5.74, 6) is 0.147. The molecule has 0 bridgehead atoms. The van der Waals surface area contributed by atoms with Gasteiger partial charge >= 0.3 is 5.69 Å². The maximum atomic E-state index is 11.3. The van der Waals surface area contributed by atoms with Crippen molar-refractivity contribution in [2.45, 2.75) is 13.5 Å². The predicted octanol–water partition coefficient (Wildman–Crippen LogP) is 6.22. The van der Waals surface area contributed by atoms with E-state index in [1.165, 1.54) is 16.3 Å². The minimum Gasteiger partial charge on any atom is -0.349 e. The van der Waals surface area contributed by atoms with E-state index in [2.05, 4.69) is 52.3 Å². The highest BCUT2D eigenvalue weighted by molar-refractivity contribution is 5.92. The maximum absolute atomic E-state index is 11.3. The van der Waals surface area contributed by atoms with Crippen LogP contribution in [0.1, 0.15) is 22.6 Å². The molecular weight excluding hydrogens is 390 g/mol. The second-order valence-corrected chi connectivity index (χ2v) is 7.48. The van der Waals surface area contributed by atoms with Gasteiger partial charge in [-0.2, -0.15) is 0 Å². The van der Waals surface area contributed by atoms with Gasteiger partial charge in [0.25, 0.3) is 0 Å². The molecular formula is C25H19N3O3. The molecule has 0 unspecified atom stereocenters. The fourth-order valence-corrected chi connectivity index (χ4v) is 3.95. The van der Waals surface area contributed by atoms with Crippen molar-refractivity contribution in [1.82, 2.24) is 9.72 Å². The number of hydrogen-bond donors (Lipinski definition) is 0. The third-order valence-corrected chi connectivity index (χ3v) is 5.44. The highest BCUT2D eigenvalue weighted by atomic mass is 16.6. The van der Waals surface area contributed by atoms with E-state index in [1.807, 2.05) is 36.4 Å². The Bertz CT molecular complexity index is 1460. The normalized spacial score (nSPS) is 11.6. The average molecular weight is 409 g/mol. The first-order valence-electron chi connectivity index (χ1n) is 9.94. The summed E-state index contributed by atoms with van der Waals surface area (Å²) in [4.78, 5) is 10.8. The van der Waals surface area contributed by atoms with E-state index in [1.54, 1.807) is 13.0 Å². The number of aryl methyl sites for hydroxylation is 1. The SMILES string of the molecule is Cc1noc(/C=C/c2cn(Cc3ccc4ccccc4c3)c3ccccc23)c1[N+](=O)[O-]. The molecule has 0 atom stereocenters. The van der Waals surface area contributed by atoms with Gasteiger partial charge in [-0.05, 0) is 47.5 Å². The first kappa shape index (κ1) is 18.8. The number of hydrogen-bond acceptors (Lipinski definition) is 4. The minimum atomic E-state index is -0.464. The molecule has 0 aliphatic heterocycles. The van der Waals surface area contributed by atoms with Gasteiger partial charge in [0.05, 0.1) is 4.92 Å². The first-order valence-corrected chi connectivity index (χ1v) is 9.94. The molecule has 0 amide bonds. The molecule has 0 spiro atoms. The number of benzene rings is 3. The smallest absolute Gasteiger partial charge is 0.338 e. The Labute approximate surface area is 178 Å². The molecule has 0 radical (unpaired) electrons. The third kappa shape index (κ3) is 3.48. The lowest BCUT2D eigenvalue weighted by molar-refractivity contribution is -0.386. The van der Waals surface area contributed by atoms with Crippen LogP contribution in [0, 0.1) is 17.0 Å².